The van der Waals surface area contributed by atoms with Crippen LogP contribution in [0.3, 0.4) is 0 Å². The Morgan fingerprint density at radius 2 is 1.53 bits per heavy atom. The molecule has 0 saturated carbocycles. The highest BCUT2D eigenvalue weighted by Gasteiger charge is 1.89. The van der Waals surface area contributed by atoms with E-state index in [0.29, 0.717) is 6.79 Å². The SMILES string of the molecule is COCOCCCCCCC#CCCCCBr. The van der Waals surface area contributed by atoms with Crippen LogP contribution in [0.2, 0.25) is 0 Å². The minimum atomic E-state index is 0.417. The molecule has 0 fully saturated rings. The molecule has 0 unspecified atom stereocenters. The smallest absolute Gasteiger partial charge is 0.146 e. The molecule has 17 heavy (non-hydrogen) atoms. The standard InChI is InChI=1S/C14H25BrO2/c1-16-14-17-13-11-9-7-5-3-2-4-6-8-10-12-15/h3,5-14H2,1H3. The summed E-state index contributed by atoms with van der Waals surface area (Å²) >= 11 is 3.42. The lowest BCUT2D eigenvalue weighted by Crippen LogP contribution is -1.98. The number of unbranched alkanes of at least 4 members (excludes halogenated alkanes) is 6. The second kappa shape index (κ2) is 16.0. The summed E-state index contributed by atoms with van der Waals surface area (Å²) in [5.41, 5.74) is 0. The Bertz CT molecular complexity index is 196. The molecule has 0 amide bonds. The number of alkyl halides is 1. The number of hydrogen-bond donors (Lipinski definition) is 0. The van der Waals surface area contributed by atoms with Crippen molar-refractivity contribution in [1.29, 1.82) is 0 Å². The molecule has 0 aromatic carbocycles. The average Bonchev–Trinajstić information content (AvgIpc) is 2.35. The van der Waals surface area contributed by atoms with Gasteiger partial charge in [0, 0.05) is 31.9 Å². The molecule has 0 aliphatic rings. The summed E-state index contributed by atoms with van der Waals surface area (Å²) in [6.45, 7) is 1.23. The predicted octanol–water partition coefficient (Wildman–Crippen LogP) is 4.13. The van der Waals surface area contributed by atoms with Crippen LogP contribution in [0.25, 0.3) is 0 Å². The largest absolute Gasteiger partial charge is 0.359 e. The molecule has 0 heterocycles. The Hall–Kier alpha value is -0.0400. The fourth-order valence-electron chi connectivity index (χ4n) is 1.40. The van der Waals surface area contributed by atoms with E-state index in [-0.39, 0.29) is 0 Å². The normalized spacial score (nSPS) is 10.0. The van der Waals surface area contributed by atoms with Crippen LogP contribution in [0.15, 0.2) is 0 Å². The van der Waals surface area contributed by atoms with Crippen molar-refractivity contribution in [2.45, 2.75) is 51.4 Å². The first-order valence-electron chi connectivity index (χ1n) is 6.50. The molecule has 0 aliphatic carbocycles. The number of ether oxygens (including phenoxy) is 2. The molecule has 0 aliphatic heterocycles. The zero-order valence-electron chi connectivity index (χ0n) is 11.0. The fraction of sp³-hybridized carbons (Fsp3) is 0.857. The molecule has 0 rings (SSSR count). The summed E-state index contributed by atoms with van der Waals surface area (Å²) < 4.78 is 10.0. The molecule has 0 saturated heterocycles. The second-order valence-electron chi connectivity index (χ2n) is 3.98. The Morgan fingerprint density at radius 3 is 2.18 bits per heavy atom. The predicted molar refractivity (Wildman–Crippen MR) is 76.3 cm³/mol. The molecule has 100 valence electrons. The van der Waals surface area contributed by atoms with Gasteiger partial charge in [0.05, 0.1) is 0 Å². The van der Waals surface area contributed by atoms with Crippen molar-refractivity contribution < 1.29 is 9.47 Å². The van der Waals surface area contributed by atoms with Crippen LogP contribution in [-0.4, -0.2) is 25.8 Å². The highest BCUT2D eigenvalue weighted by molar-refractivity contribution is 9.09. The molecular weight excluding hydrogens is 280 g/mol. The van der Waals surface area contributed by atoms with Crippen LogP contribution in [0, 0.1) is 11.8 Å². The van der Waals surface area contributed by atoms with Crippen LogP contribution in [0.1, 0.15) is 51.4 Å². The van der Waals surface area contributed by atoms with Crippen molar-refractivity contribution >= 4 is 15.9 Å². The van der Waals surface area contributed by atoms with E-state index in [0.717, 1.165) is 31.2 Å². The molecule has 2 nitrogen and oxygen atoms in total. The van der Waals surface area contributed by atoms with Crippen LogP contribution < -0.4 is 0 Å². The van der Waals surface area contributed by atoms with Gasteiger partial charge in [-0.3, -0.25) is 0 Å². The van der Waals surface area contributed by atoms with E-state index in [1.807, 2.05) is 0 Å². The first kappa shape index (κ1) is 17.0. The Kier molecular flexibility index (Phi) is 15.9. The van der Waals surface area contributed by atoms with Gasteiger partial charge in [0.1, 0.15) is 6.79 Å². The van der Waals surface area contributed by atoms with Crippen molar-refractivity contribution in [3.8, 4) is 11.8 Å². The zero-order valence-corrected chi connectivity index (χ0v) is 12.6. The maximum absolute atomic E-state index is 5.21. The van der Waals surface area contributed by atoms with Gasteiger partial charge in [0.15, 0.2) is 0 Å². The third-order valence-corrected chi connectivity index (χ3v) is 2.91. The topological polar surface area (TPSA) is 18.5 Å². The Morgan fingerprint density at radius 1 is 0.882 bits per heavy atom. The monoisotopic (exact) mass is 304 g/mol. The van der Waals surface area contributed by atoms with Crippen LogP contribution >= 0.6 is 15.9 Å². The van der Waals surface area contributed by atoms with Crippen molar-refractivity contribution in [3.63, 3.8) is 0 Å². The van der Waals surface area contributed by atoms with E-state index >= 15 is 0 Å². The summed E-state index contributed by atoms with van der Waals surface area (Å²) in [7, 11) is 1.65. The number of methoxy groups -OCH3 is 1. The maximum atomic E-state index is 5.21. The van der Waals surface area contributed by atoms with Crippen LogP contribution in [0.5, 0.6) is 0 Å². The van der Waals surface area contributed by atoms with Gasteiger partial charge in [-0.05, 0) is 25.7 Å². The van der Waals surface area contributed by atoms with Crippen molar-refractivity contribution in [1.82, 2.24) is 0 Å². The van der Waals surface area contributed by atoms with Gasteiger partial charge in [-0.1, -0.05) is 28.8 Å². The van der Waals surface area contributed by atoms with Crippen LogP contribution in [-0.2, 0) is 9.47 Å². The quantitative estimate of drug-likeness (QED) is 0.247. The second-order valence-corrected chi connectivity index (χ2v) is 4.77. The van der Waals surface area contributed by atoms with E-state index in [9.17, 15) is 0 Å². The molecule has 3 heteroatoms. The van der Waals surface area contributed by atoms with E-state index < -0.39 is 0 Å². The van der Waals surface area contributed by atoms with Gasteiger partial charge in [0.25, 0.3) is 0 Å². The molecule has 0 radical (unpaired) electrons. The van der Waals surface area contributed by atoms with Gasteiger partial charge < -0.3 is 9.47 Å². The van der Waals surface area contributed by atoms with E-state index in [1.54, 1.807) is 7.11 Å². The summed E-state index contributed by atoms with van der Waals surface area (Å²) in [6.07, 6.45) is 9.38. The molecule has 0 bridgehead atoms. The summed E-state index contributed by atoms with van der Waals surface area (Å²) in [4.78, 5) is 0. The maximum Gasteiger partial charge on any atom is 0.146 e. The average molecular weight is 305 g/mol. The van der Waals surface area contributed by atoms with Gasteiger partial charge in [-0.2, -0.15) is 0 Å². The van der Waals surface area contributed by atoms with E-state index in [4.69, 9.17) is 9.47 Å². The number of rotatable bonds is 11. The molecule has 0 aromatic rings. The van der Waals surface area contributed by atoms with Crippen molar-refractivity contribution in [2.24, 2.45) is 0 Å². The molecule has 0 N–H and O–H groups in total. The fourth-order valence-corrected chi connectivity index (χ4v) is 1.79. The highest BCUT2D eigenvalue weighted by Crippen LogP contribution is 2.03. The van der Waals surface area contributed by atoms with Crippen molar-refractivity contribution in [2.75, 3.05) is 25.8 Å². The van der Waals surface area contributed by atoms with Gasteiger partial charge in [-0.25, -0.2) is 0 Å². The lowest BCUT2D eigenvalue weighted by atomic mass is 10.1. The highest BCUT2D eigenvalue weighted by atomic mass is 79.9. The Labute approximate surface area is 115 Å². The number of halogens is 1. The van der Waals surface area contributed by atoms with E-state index in [2.05, 4.69) is 27.8 Å². The molecular formula is C14H25BrO2. The summed E-state index contributed by atoms with van der Waals surface area (Å²) in [5.74, 6) is 6.47. The summed E-state index contributed by atoms with van der Waals surface area (Å²) in [5, 5.41) is 1.10. The third kappa shape index (κ3) is 16.0. The first-order valence-corrected chi connectivity index (χ1v) is 7.62. The lowest BCUT2D eigenvalue weighted by molar-refractivity contribution is -0.0315. The molecule has 0 aromatic heterocycles. The first-order chi connectivity index (χ1) is 8.41. The molecule has 0 atom stereocenters. The molecule has 0 spiro atoms. The lowest BCUT2D eigenvalue weighted by Gasteiger charge is -2.01. The number of hydrogen-bond acceptors (Lipinski definition) is 2. The Balaban J connectivity index is 3.02. The zero-order chi connectivity index (χ0) is 12.6. The van der Waals surface area contributed by atoms with Crippen LogP contribution in [0.4, 0.5) is 0 Å². The van der Waals surface area contributed by atoms with Gasteiger partial charge >= 0.3 is 0 Å². The van der Waals surface area contributed by atoms with E-state index in [1.165, 1.54) is 32.1 Å². The van der Waals surface area contributed by atoms with Crippen molar-refractivity contribution in [3.05, 3.63) is 0 Å². The van der Waals surface area contributed by atoms with Gasteiger partial charge in [0.2, 0.25) is 0 Å². The summed E-state index contributed by atoms with van der Waals surface area (Å²) in [6, 6.07) is 0. The van der Waals surface area contributed by atoms with Gasteiger partial charge in [-0.15, -0.1) is 11.8 Å². The minimum absolute atomic E-state index is 0.417. The minimum Gasteiger partial charge on any atom is -0.359 e. The third-order valence-electron chi connectivity index (χ3n) is 2.35.